The van der Waals surface area contributed by atoms with Gasteiger partial charge in [0.2, 0.25) is 10.8 Å². The first kappa shape index (κ1) is 20.7. The minimum atomic E-state index is -0.144. The Labute approximate surface area is 189 Å². The van der Waals surface area contributed by atoms with E-state index in [2.05, 4.69) is 40.1 Å². The van der Waals surface area contributed by atoms with Crippen molar-refractivity contribution in [3.63, 3.8) is 0 Å². The molecule has 0 saturated carbocycles. The molecule has 1 N–H and O–H groups in total. The van der Waals surface area contributed by atoms with Gasteiger partial charge < -0.3 is 14.4 Å². The maximum absolute atomic E-state index is 12.7. The molecular weight excluding hydrogens is 426 g/mol. The summed E-state index contributed by atoms with van der Waals surface area (Å²) in [4.78, 5) is 22.9. The molecule has 1 aliphatic rings. The molecule has 8 nitrogen and oxygen atoms in total. The van der Waals surface area contributed by atoms with Crippen LogP contribution in [0.2, 0.25) is 0 Å². The number of hydrogen-bond acceptors (Lipinski definition) is 7. The van der Waals surface area contributed by atoms with Crippen LogP contribution in [0.5, 0.6) is 5.88 Å². The summed E-state index contributed by atoms with van der Waals surface area (Å²) in [5.74, 6) is 1.13. The van der Waals surface area contributed by atoms with Crippen molar-refractivity contribution in [2.45, 2.75) is 26.3 Å². The van der Waals surface area contributed by atoms with Gasteiger partial charge >= 0.3 is 0 Å². The molecule has 166 valence electrons. The third-order valence-electron chi connectivity index (χ3n) is 5.86. The van der Waals surface area contributed by atoms with E-state index in [1.54, 1.807) is 12.1 Å². The lowest BCUT2D eigenvalue weighted by Crippen LogP contribution is -2.49. The summed E-state index contributed by atoms with van der Waals surface area (Å²) in [7, 11) is 0. The number of aromatic hydroxyl groups is 1. The standard InChI is InChI=1S/C23H25N5O3S/c1-3-18-24-23-28(25-18)22(30)20(32-23)19(16-7-4-6-15(2)14-16)26-9-11-27(12-10-26)21(29)17-8-5-13-31-17/h4-8,13-14,19,30H,3,9-12H2,1-2H3/t19-/m1/s1. The average Bonchev–Trinajstić information content (AvgIpc) is 3.53. The first-order chi connectivity index (χ1) is 15.5. The molecule has 4 heterocycles. The molecule has 9 heteroatoms. The molecule has 4 aromatic rings. The number of carbonyl (C=O) groups is 1. The summed E-state index contributed by atoms with van der Waals surface area (Å²) >= 11 is 1.47. The Morgan fingerprint density at radius 2 is 2.03 bits per heavy atom. The molecule has 1 atom stereocenters. The Kier molecular flexibility index (Phi) is 5.44. The smallest absolute Gasteiger partial charge is 0.289 e. The van der Waals surface area contributed by atoms with Crippen molar-refractivity contribution in [2.75, 3.05) is 26.2 Å². The van der Waals surface area contributed by atoms with Crippen LogP contribution in [0.1, 0.15) is 45.3 Å². The fourth-order valence-corrected chi connectivity index (χ4v) is 5.36. The Bertz CT molecular complexity index is 1240. The summed E-state index contributed by atoms with van der Waals surface area (Å²) in [6.45, 7) is 6.59. The summed E-state index contributed by atoms with van der Waals surface area (Å²) in [6, 6.07) is 11.6. The lowest BCUT2D eigenvalue weighted by molar-refractivity contribution is 0.0568. The van der Waals surface area contributed by atoms with Crippen LogP contribution in [0.4, 0.5) is 0 Å². The van der Waals surface area contributed by atoms with E-state index in [1.807, 2.05) is 17.9 Å². The summed E-state index contributed by atoms with van der Waals surface area (Å²) in [5, 5.41) is 15.5. The monoisotopic (exact) mass is 451 g/mol. The van der Waals surface area contributed by atoms with Crippen LogP contribution in [0.25, 0.3) is 4.96 Å². The molecule has 3 aromatic heterocycles. The van der Waals surface area contributed by atoms with Gasteiger partial charge in [-0.1, -0.05) is 48.1 Å². The molecule has 1 saturated heterocycles. The Balaban J connectivity index is 1.46. The largest absolute Gasteiger partial charge is 0.492 e. The number of piperazine rings is 1. The lowest BCUT2D eigenvalue weighted by Gasteiger charge is -2.39. The van der Waals surface area contributed by atoms with Crippen molar-refractivity contribution in [3.8, 4) is 5.88 Å². The van der Waals surface area contributed by atoms with Gasteiger partial charge in [0.25, 0.3) is 5.91 Å². The van der Waals surface area contributed by atoms with Gasteiger partial charge in [0.05, 0.1) is 17.2 Å². The predicted octanol–water partition coefficient (Wildman–Crippen LogP) is 3.51. The minimum absolute atomic E-state index is 0.0875. The van der Waals surface area contributed by atoms with Crippen LogP contribution in [0, 0.1) is 6.92 Å². The van der Waals surface area contributed by atoms with E-state index in [0.29, 0.717) is 36.9 Å². The molecule has 0 radical (unpaired) electrons. The molecule has 1 aliphatic heterocycles. The Morgan fingerprint density at radius 1 is 1.22 bits per heavy atom. The molecule has 0 aliphatic carbocycles. The molecule has 1 fully saturated rings. The number of hydrogen-bond donors (Lipinski definition) is 1. The zero-order valence-electron chi connectivity index (χ0n) is 18.1. The molecule has 5 rings (SSSR count). The Morgan fingerprint density at radius 3 is 2.69 bits per heavy atom. The first-order valence-corrected chi connectivity index (χ1v) is 11.6. The number of rotatable bonds is 5. The number of thiazole rings is 1. The van der Waals surface area contributed by atoms with Crippen molar-refractivity contribution in [1.29, 1.82) is 0 Å². The van der Waals surface area contributed by atoms with E-state index in [-0.39, 0.29) is 17.8 Å². The normalized spacial score (nSPS) is 16.0. The Hall–Kier alpha value is -3.17. The van der Waals surface area contributed by atoms with Crippen molar-refractivity contribution in [3.05, 3.63) is 70.3 Å². The highest BCUT2D eigenvalue weighted by atomic mass is 32.1. The third-order valence-corrected chi connectivity index (χ3v) is 6.94. The second kappa shape index (κ2) is 8.40. The van der Waals surface area contributed by atoms with Crippen molar-refractivity contribution in [1.82, 2.24) is 24.4 Å². The highest BCUT2D eigenvalue weighted by Gasteiger charge is 2.33. The third kappa shape index (κ3) is 3.67. The SMILES string of the molecule is CCc1nc2sc([C@@H](c3cccc(C)c3)N3CCN(C(=O)c4ccco4)CC3)c(O)n2n1. The van der Waals surface area contributed by atoms with E-state index in [1.165, 1.54) is 22.1 Å². The second-order valence-corrected chi connectivity index (χ2v) is 9.00. The number of amides is 1. The number of fused-ring (bicyclic) bond motifs is 1. The van der Waals surface area contributed by atoms with Crippen molar-refractivity contribution >= 4 is 22.2 Å². The second-order valence-electron chi connectivity index (χ2n) is 7.99. The van der Waals surface area contributed by atoms with Crippen molar-refractivity contribution < 1.29 is 14.3 Å². The molecule has 0 unspecified atom stereocenters. The number of carbonyl (C=O) groups excluding carboxylic acids is 1. The lowest BCUT2D eigenvalue weighted by atomic mass is 10.0. The first-order valence-electron chi connectivity index (χ1n) is 10.8. The maximum atomic E-state index is 12.7. The van der Waals surface area contributed by atoms with Crippen LogP contribution < -0.4 is 0 Å². The fourth-order valence-electron chi connectivity index (χ4n) is 4.23. The molecule has 32 heavy (non-hydrogen) atoms. The molecule has 1 amide bonds. The van der Waals surface area contributed by atoms with E-state index in [0.717, 1.165) is 28.2 Å². The van der Waals surface area contributed by atoms with Crippen LogP contribution in [0.3, 0.4) is 0 Å². The van der Waals surface area contributed by atoms with Crippen molar-refractivity contribution in [2.24, 2.45) is 0 Å². The quantitative estimate of drug-likeness (QED) is 0.500. The van der Waals surface area contributed by atoms with E-state index < -0.39 is 0 Å². The van der Waals surface area contributed by atoms with E-state index in [4.69, 9.17) is 4.42 Å². The summed E-state index contributed by atoms with van der Waals surface area (Å²) in [5.41, 5.74) is 2.26. The summed E-state index contributed by atoms with van der Waals surface area (Å²) in [6.07, 6.45) is 2.24. The molecule has 0 spiro atoms. The van der Waals surface area contributed by atoms with Gasteiger partial charge in [-0.15, -0.1) is 5.10 Å². The van der Waals surface area contributed by atoms with Gasteiger partial charge in [-0.25, -0.2) is 4.98 Å². The van der Waals surface area contributed by atoms with Gasteiger partial charge in [0, 0.05) is 32.6 Å². The highest BCUT2D eigenvalue weighted by molar-refractivity contribution is 7.17. The number of aromatic nitrogens is 3. The van der Waals surface area contributed by atoms with Crippen LogP contribution >= 0.6 is 11.3 Å². The van der Waals surface area contributed by atoms with Gasteiger partial charge in [0.1, 0.15) is 0 Å². The zero-order valence-corrected chi connectivity index (χ0v) is 18.9. The van der Waals surface area contributed by atoms with Crippen LogP contribution in [-0.4, -0.2) is 61.6 Å². The number of aryl methyl sites for hydroxylation is 2. The highest BCUT2D eigenvalue weighted by Crippen LogP contribution is 2.40. The molecule has 1 aromatic carbocycles. The van der Waals surface area contributed by atoms with Gasteiger partial charge in [0.15, 0.2) is 11.6 Å². The summed E-state index contributed by atoms with van der Waals surface area (Å²) < 4.78 is 6.82. The number of benzene rings is 1. The van der Waals surface area contributed by atoms with Crippen LogP contribution in [-0.2, 0) is 6.42 Å². The van der Waals surface area contributed by atoms with E-state index in [9.17, 15) is 9.90 Å². The van der Waals surface area contributed by atoms with E-state index >= 15 is 0 Å². The number of furan rings is 1. The zero-order chi connectivity index (χ0) is 22.2. The fraction of sp³-hybridized carbons (Fsp3) is 0.348. The topological polar surface area (TPSA) is 87.1 Å². The molecule has 0 bridgehead atoms. The maximum Gasteiger partial charge on any atom is 0.289 e. The average molecular weight is 452 g/mol. The van der Waals surface area contributed by atoms with Crippen LogP contribution in [0.15, 0.2) is 47.1 Å². The molecular formula is C23H25N5O3S. The minimum Gasteiger partial charge on any atom is -0.492 e. The van der Waals surface area contributed by atoms with Gasteiger partial charge in [-0.2, -0.15) is 4.52 Å². The number of nitrogens with zero attached hydrogens (tertiary/aromatic N) is 5. The van der Waals surface area contributed by atoms with Gasteiger partial charge in [-0.05, 0) is 24.6 Å². The van der Waals surface area contributed by atoms with Gasteiger partial charge in [-0.3, -0.25) is 9.69 Å². The predicted molar refractivity (Wildman–Crippen MR) is 121 cm³/mol.